The van der Waals surface area contributed by atoms with E-state index in [2.05, 4.69) is 0 Å². The number of imide groups is 1. The van der Waals surface area contributed by atoms with Gasteiger partial charge in [0.25, 0.3) is 11.8 Å². The molecule has 1 aliphatic rings. The summed E-state index contributed by atoms with van der Waals surface area (Å²) in [4.78, 5) is 29.4. The van der Waals surface area contributed by atoms with Crippen LogP contribution in [0.4, 0.5) is 5.69 Å². The quantitative estimate of drug-likeness (QED) is 0.484. The Bertz CT molecular complexity index is 1140. The molecule has 0 fully saturated rings. The molecule has 1 aliphatic heterocycles. The highest BCUT2D eigenvalue weighted by Crippen LogP contribution is 2.42. The Morgan fingerprint density at radius 3 is 2.17 bits per heavy atom. The van der Waals surface area contributed by atoms with Crippen LogP contribution < -0.4 is 4.90 Å². The van der Waals surface area contributed by atoms with E-state index >= 15 is 0 Å². The molecule has 0 aromatic heterocycles. The summed E-state index contributed by atoms with van der Waals surface area (Å²) in [5, 5.41) is 0.623. The molecule has 29 heavy (non-hydrogen) atoms. The summed E-state index contributed by atoms with van der Waals surface area (Å²) in [5.74, 6) is -0.603. The molecule has 0 atom stereocenters. The molecule has 3 aromatic carbocycles. The third kappa shape index (κ3) is 3.61. The maximum Gasteiger partial charge on any atom is 0.272 e. The molecule has 0 N–H and O–H groups in total. The van der Waals surface area contributed by atoms with E-state index in [9.17, 15) is 9.59 Å². The molecule has 5 heteroatoms. The number of benzene rings is 3. The zero-order valence-electron chi connectivity index (χ0n) is 16.0. The van der Waals surface area contributed by atoms with Gasteiger partial charge in [0, 0.05) is 9.92 Å². The average Bonchev–Trinajstić information content (AvgIpc) is 2.96. The maximum atomic E-state index is 13.4. The lowest BCUT2D eigenvalue weighted by atomic mass is 10.1. The van der Waals surface area contributed by atoms with Crippen LogP contribution in [0, 0.1) is 13.8 Å². The molecule has 0 bridgehead atoms. The van der Waals surface area contributed by atoms with E-state index in [-0.39, 0.29) is 11.8 Å². The van der Waals surface area contributed by atoms with Gasteiger partial charge in [0.15, 0.2) is 0 Å². The van der Waals surface area contributed by atoms with Gasteiger partial charge in [-0.2, -0.15) is 0 Å². The number of hydrogen-bond acceptors (Lipinski definition) is 3. The van der Waals surface area contributed by atoms with Crippen LogP contribution in [0.2, 0.25) is 5.02 Å². The van der Waals surface area contributed by atoms with Crippen molar-refractivity contribution in [2.24, 2.45) is 0 Å². The average molecular weight is 420 g/mol. The van der Waals surface area contributed by atoms with Crippen LogP contribution in [0.25, 0.3) is 5.57 Å². The van der Waals surface area contributed by atoms with E-state index in [1.807, 2.05) is 74.5 Å². The van der Waals surface area contributed by atoms with Gasteiger partial charge in [-0.3, -0.25) is 9.59 Å². The number of rotatable bonds is 4. The standard InChI is InChI=1S/C24H18ClNO2S/c1-15-7-6-10-20(16(15)2)26-23(27)21(17-8-4-3-5-9-17)22(24(26)28)29-19-13-11-18(25)12-14-19/h3-14H,1-2H3. The Balaban J connectivity index is 1.84. The molecule has 3 nitrogen and oxygen atoms in total. The fourth-order valence-corrected chi connectivity index (χ4v) is 4.40. The van der Waals surface area contributed by atoms with E-state index in [1.54, 1.807) is 12.1 Å². The number of amides is 2. The van der Waals surface area contributed by atoms with Crippen molar-refractivity contribution in [3.8, 4) is 0 Å². The molecule has 0 saturated heterocycles. The monoisotopic (exact) mass is 419 g/mol. The molecular weight excluding hydrogens is 402 g/mol. The largest absolute Gasteiger partial charge is 0.272 e. The lowest BCUT2D eigenvalue weighted by Gasteiger charge is -2.19. The first kappa shape index (κ1) is 19.5. The maximum absolute atomic E-state index is 13.4. The summed E-state index contributed by atoms with van der Waals surface area (Å²) in [5.41, 5.74) is 3.73. The predicted octanol–water partition coefficient (Wildman–Crippen LogP) is 6.03. The molecule has 0 unspecified atom stereocenters. The first-order chi connectivity index (χ1) is 14.0. The molecular formula is C24H18ClNO2S. The fourth-order valence-electron chi connectivity index (χ4n) is 3.28. The molecule has 3 aromatic rings. The molecule has 0 aliphatic carbocycles. The minimum Gasteiger partial charge on any atom is -0.268 e. The molecule has 2 amide bonds. The molecule has 0 saturated carbocycles. The molecule has 0 spiro atoms. The van der Waals surface area contributed by atoms with Crippen molar-refractivity contribution in [1.82, 2.24) is 0 Å². The molecule has 4 rings (SSSR count). The van der Waals surface area contributed by atoms with Crippen LogP contribution in [0.5, 0.6) is 0 Å². The number of anilines is 1. The lowest BCUT2D eigenvalue weighted by Crippen LogP contribution is -2.32. The summed E-state index contributed by atoms with van der Waals surface area (Å²) in [7, 11) is 0. The fraction of sp³-hybridized carbons (Fsp3) is 0.0833. The Labute approximate surface area is 179 Å². The molecule has 144 valence electrons. The SMILES string of the molecule is Cc1cccc(N2C(=O)C(Sc3ccc(Cl)cc3)=C(c3ccccc3)C2=O)c1C. The summed E-state index contributed by atoms with van der Waals surface area (Å²) < 4.78 is 0. The van der Waals surface area contributed by atoms with Crippen LogP contribution in [0.3, 0.4) is 0 Å². The van der Waals surface area contributed by atoms with E-state index in [4.69, 9.17) is 11.6 Å². The Morgan fingerprint density at radius 2 is 1.48 bits per heavy atom. The highest BCUT2D eigenvalue weighted by atomic mass is 35.5. The van der Waals surface area contributed by atoms with Crippen LogP contribution in [0.15, 0.2) is 82.6 Å². The number of halogens is 1. The second kappa shape index (κ2) is 7.90. The number of hydrogen-bond donors (Lipinski definition) is 0. The van der Waals surface area contributed by atoms with Gasteiger partial charge in [0.2, 0.25) is 0 Å². The van der Waals surface area contributed by atoms with Crippen LogP contribution in [-0.2, 0) is 9.59 Å². The van der Waals surface area contributed by atoms with Gasteiger partial charge >= 0.3 is 0 Å². The van der Waals surface area contributed by atoms with Crippen molar-refractivity contribution in [3.05, 3.63) is 99.4 Å². The van der Waals surface area contributed by atoms with E-state index in [0.717, 1.165) is 21.6 Å². The smallest absolute Gasteiger partial charge is 0.268 e. The van der Waals surface area contributed by atoms with Gasteiger partial charge in [0.1, 0.15) is 0 Å². The number of aryl methyl sites for hydroxylation is 1. The van der Waals surface area contributed by atoms with Crippen molar-refractivity contribution in [2.75, 3.05) is 4.90 Å². The molecule has 0 radical (unpaired) electrons. The lowest BCUT2D eigenvalue weighted by molar-refractivity contribution is -0.119. The van der Waals surface area contributed by atoms with Crippen LogP contribution in [0.1, 0.15) is 16.7 Å². The summed E-state index contributed by atoms with van der Waals surface area (Å²) >= 11 is 7.28. The van der Waals surface area contributed by atoms with Gasteiger partial charge in [-0.25, -0.2) is 4.90 Å². The number of nitrogens with zero attached hydrogens (tertiary/aromatic N) is 1. The van der Waals surface area contributed by atoms with E-state index in [0.29, 0.717) is 21.2 Å². The van der Waals surface area contributed by atoms with Crippen molar-refractivity contribution in [3.63, 3.8) is 0 Å². The van der Waals surface area contributed by atoms with Gasteiger partial charge in [-0.05, 0) is 60.9 Å². The van der Waals surface area contributed by atoms with Crippen LogP contribution in [-0.4, -0.2) is 11.8 Å². The zero-order chi connectivity index (χ0) is 20.5. The van der Waals surface area contributed by atoms with E-state index < -0.39 is 0 Å². The first-order valence-electron chi connectivity index (χ1n) is 9.15. The second-order valence-electron chi connectivity index (χ2n) is 6.79. The van der Waals surface area contributed by atoms with Crippen molar-refractivity contribution in [1.29, 1.82) is 0 Å². The Hall–Kier alpha value is -2.82. The third-order valence-corrected chi connectivity index (χ3v) is 6.30. The summed E-state index contributed by atoms with van der Waals surface area (Å²) in [6.07, 6.45) is 0. The number of carbonyl (C=O) groups is 2. The van der Waals surface area contributed by atoms with Gasteiger partial charge < -0.3 is 0 Å². The normalized spacial score (nSPS) is 14.1. The topological polar surface area (TPSA) is 37.4 Å². The highest BCUT2D eigenvalue weighted by Gasteiger charge is 2.41. The Morgan fingerprint density at radius 1 is 0.793 bits per heavy atom. The third-order valence-electron chi connectivity index (χ3n) is 4.95. The number of carbonyl (C=O) groups excluding carboxylic acids is 2. The van der Waals surface area contributed by atoms with Gasteiger partial charge in [-0.1, -0.05) is 65.8 Å². The van der Waals surface area contributed by atoms with Crippen molar-refractivity contribution < 1.29 is 9.59 Å². The minimum atomic E-state index is -0.303. The first-order valence-corrected chi connectivity index (χ1v) is 10.3. The Kier molecular flexibility index (Phi) is 5.31. The van der Waals surface area contributed by atoms with E-state index in [1.165, 1.54) is 16.7 Å². The highest BCUT2D eigenvalue weighted by molar-refractivity contribution is 8.04. The molecule has 1 heterocycles. The van der Waals surface area contributed by atoms with Crippen molar-refractivity contribution >= 4 is 46.4 Å². The predicted molar refractivity (Wildman–Crippen MR) is 119 cm³/mol. The van der Waals surface area contributed by atoms with Crippen LogP contribution >= 0.6 is 23.4 Å². The summed E-state index contributed by atoms with van der Waals surface area (Å²) in [6, 6.07) is 22.2. The van der Waals surface area contributed by atoms with Gasteiger partial charge in [-0.15, -0.1) is 0 Å². The van der Waals surface area contributed by atoms with Crippen molar-refractivity contribution in [2.45, 2.75) is 18.7 Å². The number of thioether (sulfide) groups is 1. The second-order valence-corrected chi connectivity index (χ2v) is 8.31. The minimum absolute atomic E-state index is 0.300. The summed E-state index contributed by atoms with van der Waals surface area (Å²) in [6.45, 7) is 3.90. The van der Waals surface area contributed by atoms with Gasteiger partial charge in [0.05, 0.1) is 16.2 Å². The zero-order valence-corrected chi connectivity index (χ0v) is 17.6.